The van der Waals surface area contributed by atoms with Crippen molar-refractivity contribution < 1.29 is 0 Å². The summed E-state index contributed by atoms with van der Waals surface area (Å²) in [5.74, 6) is 2.15. The molecule has 1 fully saturated rings. The van der Waals surface area contributed by atoms with Crippen LogP contribution in [0.1, 0.15) is 43.3 Å². The Morgan fingerprint density at radius 3 is 2.58 bits per heavy atom. The molecule has 0 radical (unpaired) electrons. The summed E-state index contributed by atoms with van der Waals surface area (Å²) in [6, 6.07) is 2.25. The first kappa shape index (κ1) is 12.9. The van der Waals surface area contributed by atoms with Crippen LogP contribution >= 0.6 is 11.3 Å². The third kappa shape index (κ3) is 2.59. The van der Waals surface area contributed by atoms with Crippen LogP contribution in [0, 0.1) is 6.92 Å². The normalized spacial score (nSPS) is 16.8. The molecule has 3 nitrogen and oxygen atoms in total. The van der Waals surface area contributed by atoms with Crippen LogP contribution in [0.15, 0.2) is 6.07 Å². The first-order valence-electron chi connectivity index (χ1n) is 7.30. The molecule has 4 heteroatoms. The number of nitrogens with zero attached hydrogens (tertiary/aromatic N) is 3. The highest BCUT2D eigenvalue weighted by Crippen LogP contribution is 2.31. The number of aromatic nitrogens is 2. The first-order valence-corrected chi connectivity index (χ1v) is 8.11. The van der Waals surface area contributed by atoms with E-state index in [1.165, 1.54) is 41.8 Å². The molecule has 3 rings (SSSR count). The van der Waals surface area contributed by atoms with Gasteiger partial charge in [-0.25, -0.2) is 9.97 Å². The van der Waals surface area contributed by atoms with Gasteiger partial charge in [-0.3, -0.25) is 0 Å². The molecule has 0 aliphatic carbocycles. The lowest BCUT2D eigenvalue weighted by Crippen LogP contribution is -2.25. The first-order chi connectivity index (χ1) is 9.28. The number of hydrogen-bond donors (Lipinski definition) is 0. The maximum atomic E-state index is 4.82. The average Bonchev–Trinajstić information content (AvgIpc) is 2.64. The number of fused-ring (bicyclic) bond motifs is 1. The van der Waals surface area contributed by atoms with Gasteiger partial charge in [0.15, 0.2) is 0 Å². The Bertz CT molecular complexity index is 568. The average molecular weight is 275 g/mol. The number of thiophene rings is 1. The molecule has 19 heavy (non-hydrogen) atoms. The molecule has 0 atom stereocenters. The van der Waals surface area contributed by atoms with Gasteiger partial charge in [0.1, 0.15) is 16.5 Å². The smallest absolute Gasteiger partial charge is 0.141 e. The molecule has 1 aliphatic rings. The molecule has 2 aromatic rings. The maximum Gasteiger partial charge on any atom is 0.141 e. The van der Waals surface area contributed by atoms with Crippen LogP contribution in [-0.4, -0.2) is 23.1 Å². The fraction of sp³-hybridized carbons (Fsp3) is 0.600. The highest BCUT2D eigenvalue weighted by Gasteiger charge is 2.17. The fourth-order valence-corrected chi connectivity index (χ4v) is 3.64. The monoisotopic (exact) mass is 275 g/mol. The topological polar surface area (TPSA) is 29.0 Å². The molecular weight excluding hydrogens is 254 g/mol. The van der Waals surface area contributed by atoms with Crippen molar-refractivity contribution in [3.05, 3.63) is 16.8 Å². The number of rotatable bonds is 2. The van der Waals surface area contributed by atoms with Gasteiger partial charge < -0.3 is 4.90 Å². The third-order valence-corrected chi connectivity index (χ3v) is 4.71. The molecule has 1 saturated heterocycles. The van der Waals surface area contributed by atoms with Crippen LogP contribution in [0.3, 0.4) is 0 Å². The predicted octanol–water partition coefficient (Wildman–Crippen LogP) is 3.94. The largest absolute Gasteiger partial charge is 0.356 e. The zero-order chi connectivity index (χ0) is 13.2. The minimum absolute atomic E-state index is 0.910. The molecule has 102 valence electrons. The molecule has 0 N–H and O–H groups in total. The van der Waals surface area contributed by atoms with Crippen molar-refractivity contribution >= 4 is 27.4 Å². The Hall–Kier alpha value is -1.16. The molecule has 0 aromatic carbocycles. The lowest BCUT2D eigenvalue weighted by atomic mass is 10.2. The van der Waals surface area contributed by atoms with Gasteiger partial charge in [-0.1, -0.05) is 19.8 Å². The quantitative estimate of drug-likeness (QED) is 0.831. The SMILES string of the molecule is CCc1nc(N2CCCCCC2)c2cc(C)sc2n1. The summed E-state index contributed by atoms with van der Waals surface area (Å²) in [5, 5.41) is 1.25. The third-order valence-electron chi connectivity index (χ3n) is 3.76. The van der Waals surface area contributed by atoms with Crippen molar-refractivity contribution in [1.29, 1.82) is 0 Å². The van der Waals surface area contributed by atoms with E-state index >= 15 is 0 Å². The zero-order valence-electron chi connectivity index (χ0n) is 11.8. The van der Waals surface area contributed by atoms with Crippen LogP contribution in [0.25, 0.3) is 10.2 Å². The molecule has 0 saturated carbocycles. The molecule has 0 bridgehead atoms. The Kier molecular flexibility index (Phi) is 3.69. The van der Waals surface area contributed by atoms with Gasteiger partial charge in [0.05, 0.1) is 5.39 Å². The highest BCUT2D eigenvalue weighted by atomic mass is 32.1. The number of aryl methyl sites for hydroxylation is 2. The second kappa shape index (κ2) is 5.45. The Balaban J connectivity index is 2.08. The molecule has 0 unspecified atom stereocenters. The molecule has 3 heterocycles. The summed E-state index contributed by atoms with van der Waals surface area (Å²) in [6.07, 6.45) is 6.20. The minimum Gasteiger partial charge on any atom is -0.356 e. The second-order valence-corrected chi connectivity index (χ2v) is 6.53. The van der Waals surface area contributed by atoms with Crippen molar-refractivity contribution in [3.8, 4) is 0 Å². The van der Waals surface area contributed by atoms with E-state index in [0.717, 1.165) is 30.2 Å². The summed E-state index contributed by atoms with van der Waals surface area (Å²) < 4.78 is 0. The van der Waals surface area contributed by atoms with E-state index in [1.807, 2.05) is 0 Å². The molecule has 1 aliphatic heterocycles. The minimum atomic E-state index is 0.910. The van der Waals surface area contributed by atoms with Crippen molar-refractivity contribution in [3.63, 3.8) is 0 Å². The molecule has 0 spiro atoms. The van der Waals surface area contributed by atoms with E-state index in [9.17, 15) is 0 Å². The van der Waals surface area contributed by atoms with Crippen molar-refractivity contribution in [2.24, 2.45) is 0 Å². The van der Waals surface area contributed by atoms with E-state index in [2.05, 4.69) is 29.8 Å². The van der Waals surface area contributed by atoms with Crippen molar-refractivity contribution in [2.75, 3.05) is 18.0 Å². The standard InChI is InChI=1S/C15H21N3S/c1-3-13-16-14(18-8-6-4-5-7-9-18)12-10-11(2)19-15(12)17-13/h10H,3-9H2,1-2H3. The van der Waals surface area contributed by atoms with Crippen LogP contribution in [0.5, 0.6) is 0 Å². The predicted molar refractivity (Wildman–Crippen MR) is 82.2 cm³/mol. The van der Waals surface area contributed by atoms with E-state index < -0.39 is 0 Å². The summed E-state index contributed by atoms with van der Waals surface area (Å²) in [5.41, 5.74) is 0. The fourth-order valence-electron chi connectivity index (χ4n) is 2.75. The van der Waals surface area contributed by atoms with Gasteiger partial charge in [-0.15, -0.1) is 11.3 Å². The van der Waals surface area contributed by atoms with E-state index in [4.69, 9.17) is 4.98 Å². The van der Waals surface area contributed by atoms with Gasteiger partial charge in [-0.2, -0.15) is 0 Å². The Morgan fingerprint density at radius 1 is 1.16 bits per heavy atom. The lowest BCUT2D eigenvalue weighted by Gasteiger charge is -2.22. The van der Waals surface area contributed by atoms with Gasteiger partial charge in [-0.05, 0) is 25.8 Å². The van der Waals surface area contributed by atoms with Crippen molar-refractivity contribution in [2.45, 2.75) is 46.0 Å². The van der Waals surface area contributed by atoms with Crippen LogP contribution < -0.4 is 4.90 Å². The highest BCUT2D eigenvalue weighted by molar-refractivity contribution is 7.18. The van der Waals surface area contributed by atoms with Gasteiger partial charge in [0.25, 0.3) is 0 Å². The lowest BCUT2D eigenvalue weighted by molar-refractivity contribution is 0.726. The maximum absolute atomic E-state index is 4.82. The van der Waals surface area contributed by atoms with E-state index in [1.54, 1.807) is 11.3 Å². The Labute approximate surface area is 118 Å². The summed E-state index contributed by atoms with van der Waals surface area (Å²) >= 11 is 1.79. The molecular formula is C15H21N3S. The van der Waals surface area contributed by atoms with Crippen LogP contribution in [0.2, 0.25) is 0 Å². The van der Waals surface area contributed by atoms with E-state index in [-0.39, 0.29) is 0 Å². The zero-order valence-corrected chi connectivity index (χ0v) is 12.6. The molecule has 2 aromatic heterocycles. The summed E-state index contributed by atoms with van der Waals surface area (Å²) in [7, 11) is 0. The number of hydrogen-bond acceptors (Lipinski definition) is 4. The summed E-state index contributed by atoms with van der Waals surface area (Å²) in [6.45, 7) is 6.58. The second-order valence-electron chi connectivity index (χ2n) is 5.29. The van der Waals surface area contributed by atoms with E-state index in [0.29, 0.717) is 0 Å². The van der Waals surface area contributed by atoms with Gasteiger partial charge in [0.2, 0.25) is 0 Å². The van der Waals surface area contributed by atoms with Crippen LogP contribution in [0.4, 0.5) is 5.82 Å². The number of anilines is 1. The molecule has 0 amide bonds. The van der Waals surface area contributed by atoms with Crippen LogP contribution in [-0.2, 0) is 6.42 Å². The van der Waals surface area contributed by atoms with Crippen molar-refractivity contribution in [1.82, 2.24) is 9.97 Å². The van der Waals surface area contributed by atoms with Gasteiger partial charge >= 0.3 is 0 Å². The summed E-state index contributed by atoms with van der Waals surface area (Å²) in [4.78, 5) is 14.5. The van der Waals surface area contributed by atoms with Gasteiger partial charge in [0, 0.05) is 24.4 Å². The Morgan fingerprint density at radius 2 is 1.89 bits per heavy atom.